The van der Waals surface area contributed by atoms with E-state index in [1.165, 1.54) is 0 Å². The van der Waals surface area contributed by atoms with Crippen molar-refractivity contribution in [3.05, 3.63) is 0 Å². The molecule has 1 aliphatic heterocycles. The molecular weight excluding hydrogens is 269 g/mol. The highest BCUT2D eigenvalue weighted by molar-refractivity contribution is 4.95. The fourth-order valence-corrected chi connectivity index (χ4v) is 2.61. The van der Waals surface area contributed by atoms with Gasteiger partial charge in [-0.1, -0.05) is 20.8 Å². The molecule has 1 rings (SSSR count). The van der Waals surface area contributed by atoms with Crippen molar-refractivity contribution < 1.29 is 17.9 Å². The van der Waals surface area contributed by atoms with Gasteiger partial charge in [-0.2, -0.15) is 13.2 Å². The smallest absolute Gasteiger partial charge is 0.371 e. The lowest BCUT2D eigenvalue weighted by Gasteiger charge is -2.47. The lowest BCUT2D eigenvalue weighted by molar-refractivity contribution is -0.175. The molecule has 2 atom stereocenters. The zero-order valence-electron chi connectivity index (χ0n) is 12.9. The Labute approximate surface area is 119 Å². The van der Waals surface area contributed by atoms with Crippen LogP contribution in [0.2, 0.25) is 0 Å². The highest BCUT2D eigenvalue weighted by atomic mass is 19.4. The molecule has 0 aromatic rings. The quantitative estimate of drug-likeness (QED) is 0.763. The molecule has 0 spiro atoms. The van der Waals surface area contributed by atoms with Gasteiger partial charge in [0.1, 0.15) is 6.61 Å². The first-order valence-electron chi connectivity index (χ1n) is 7.30. The van der Waals surface area contributed by atoms with E-state index in [-0.39, 0.29) is 12.1 Å². The van der Waals surface area contributed by atoms with E-state index in [9.17, 15) is 13.2 Å². The summed E-state index contributed by atoms with van der Waals surface area (Å²) in [5, 5.41) is 3.56. The van der Waals surface area contributed by atoms with Crippen LogP contribution in [-0.4, -0.2) is 55.5 Å². The summed E-state index contributed by atoms with van der Waals surface area (Å²) in [7, 11) is 0. The predicted octanol–water partition coefficient (Wildman–Crippen LogP) is 2.66. The Morgan fingerprint density at radius 1 is 1.40 bits per heavy atom. The third-order valence-corrected chi connectivity index (χ3v) is 4.10. The van der Waals surface area contributed by atoms with Crippen molar-refractivity contribution in [2.24, 2.45) is 5.92 Å². The molecule has 120 valence electrons. The van der Waals surface area contributed by atoms with Crippen LogP contribution in [0.15, 0.2) is 0 Å². The number of nitrogens with one attached hydrogen (secondary N) is 1. The lowest BCUT2D eigenvalue weighted by Crippen LogP contribution is -2.64. The summed E-state index contributed by atoms with van der Waals surface area (Å²) in [6.07, 6.45) is -3.24. The van der Waals surface area contributed by atoms with E-state index in [1.54, 1.807) is 0 Å². The number of rotatable bonds is 6. The Morgan fingerprint density at radius 2 is 2.05 bits per heavy atom. The Hall–Kier alpha value is -0.330. The summed E-state index contributed by atoms with van der Waals surface area (Å²) in [4.78, 5) is 2.26. The normalized spacial score (nSPS) is 29.1. The third-order valence-electron chi connectivity index (χ3n) is 4.10. The molecule has 20 heavy (non-hydrogen) atoms. The van der Waals surface area contributed by atoms with Crippen molar-refractivity contribution in [1.29, 1.82) is 0 Å². The van der Waals surface area contributed by atoms with Gasteiger partial charge in [-0.3, -0.25) is 4.90 Å². The molecule has 0 saturated carbocycles. The van der Waals surface area contributed by atoms with Crippen LogP contribution in [0.1, 0.15) is 34.1 Å². The van der Waals surface area contributed by atoms with E-state index in [4.69, 9.17) is 4.74 Å². The van der Waals surface area contributed by atoms with E-state index in [0.717, 1.165) is 19.5 Å². The SMILES string of the molecule is CCC1(C)CN(CCOCC(F)(F)F)C(C(C)C)CN1. The fraction of sp³-hybridized carbons (Fsp3) is 1.00. The minimum Gasteiger partial charge on any atom is -0.371 e. The molecule has 0 bridgehead atoms. The molecule has 0 amide bonds. The van der Waals surface area contributed by atoms with E-state index < -0.39 is 12.8 Å². The molecule has 1 saturated heterocycles. The summed E-state index contributed by atoms with van der Waals surface area (Å²) >= 11 is 0. The highest BCUT2D eigenvalue weighted by Gasteiger charge is 2.35. The Morgan fingerprint density at radius 3 is 2.55 bits per heavy atom. The Balaban J connectivity index is 2.48. The van der Waals surface area contributed by atoms with Crippen LogP contribution in [-0.2, 0) is 4.74 Å². The molecule has 6 heteroatoms. The van der Waals surface area contributed by atoms with E-state index in [0.29, 0.717) is 18.5 Å². The number of alkyl halides is 3. The number of ether oxygens (including phenoxy) is 1. The van der Waals surface area contributed by atoms with Crippen molar-refractivity contribution in [2.75, 3.05) is 32.8 Å². The first-order valence-corrected chi connectivity index (χ1v) is 7.30. The second kappa shape index (κ2) is 7.09. The van der Waals surface area contributed by atoms with Gasteiger partial charge in [-0.25, -0.2) is 0 Å². The zero-order valence-corrected chi connectivity index (χ0v) is 12.9. The molecule has 0 aliphatic carbocycles. The Kier molecular flexibility index (Phi) is 6.28. The van der Waals surface area contributed by atoms with Gasteiger partial charge in [-0.05, 0) is 19.3 Å². The van der Waals surface area contributed by atoms with E-state index >= 15 is 0 Å². The molecule has 1 N–H and O–H groups in total. The lowest BCUT2D eigenvalue weighted by atomic mass is 9.90. The average Bonchev–Trinajstić information content (AvgIpc) is 2.33. The van der Waals surface area contributed by atoms with Gasteiger partial charge in [0.15, 0.2) is 0 Å². The van der Waals surface area contributed by atoms with Gasteiger partial charge >= 0.3 is 6.18 Å². The van der Waals surface area contributed by atoms with Gasteiger partial charge < -0.3 is 10.1 Å². The summed E-state index contributed by atoms with van der Waals surface area (Å²) in [5.41, 5.74) is 0.0371. The first kappa shape index (κ1) is 17.7. The molecule has 2 unspecified atom stereocenters. The maximum atomic E-state index is 12.1. The maximum Gasteiger partial charge on any atom is 0.411 e. The standard InChI is InChI=1S/C14H27F3N2O/c1-5-13(4)9-19(12(8-18-13)11(2)3)6-7-20-10-14(15,16)17/h11-12,18H,5-10H2,1-4H3. The molecule has 3 nitrogen and oxygen atoms in total. The number of hydrogen-bond donors (Lipinski definition) is 1. The molecule has 1 aliphatic rings. The van der Waals surface area contributed by atoms with Gasteiger partial charge in [-0.15, -0.1) is 0 Å². The van der Waals surface area contributed by atoms with Crippen LogP contribution in [0, 0.1) is 5.92 Å². The third kappa shape index (κ3) is 5.58. The fourth-order valence-electron chi connectivity index (χ4n) is 2.61. The monoisotopic (exact) mass is 296 g/mol. The summed E-state index contributed by atoms with van der Waals surface area (Å²) in [6.45, 7) is 9.82. The van der Waals surface area contributed by atoms with Crippen LogP contribution in [0.5, 0.6) is 0 Å². The van der Waals surface area contributed by atoms with Crippen molar-refractivity contribution in [3.8, 4) is 0 Å². The number of piperazine rings is 1. The zero-order chi connectivity index (χ0) is 15.4. The summed E-state index contributed by atoms with van der Waals surface area (Å²) in [5.74, 6) is 0.464. The number of halogens is 3. The first-order chi connectivity index (χ1) is 9.17. The van der Waals surface area contributed by atoms with Crippen molar-refractivity contribution in [2.45, 2.75) is 51.9 Å². The molecule has 1 heterocycles. The van der Waals surface area contributed by atoms with Crippen LogP contribution in [0.3, 0.4) is 0 Å². The van der Waals surface area contributed by atoms with Crippen molar-refractivity contribution >= 4 is 0 Å². The van der Waals surface area contributed by atoms with Gasteiger partial charge in [0.25, 0.3) is 0 Å². The molecule has 0 aromatic heterocycles. The largest absolute Gasteiger partial charge is 0.411 e. The van der Waals surface area contributed by atoms with Gasteiger partial charge in [0, 0.05) is 31.2 Å². The van der Waals surface area contributed by atoms with Crippen LogP contribution < -0.4 is 5.32 Å². The van der Waals surface area contributed by atoms with E-state index in [2.05, 4.69) is 37.9 Å². The minimum atomic E-state index is -4.24. The number of nitrogens with zero attached hydrogens (tertiary/aromatic N) is 1. The van der Waals surface area contributed by atoms with Gasteiger partial charge in [0.05, 0.1) is 6.61 Å². The van der Waals surface area contributed by atoms with Crippen LogP contribution >= 0.6 is 0 Å². The average molecular weight is 296 g/mol. The minimum absolute atomic E-state index is 0.0371. The van der Waals surface area contributed by atoms with E-state index in [1.807, 2.05) is 0 Å². The molecule has 0 aromatic carbocycles. The van der Waals surface area contributed by atoms with Gasteiger partial charge in [0.2, 0.25) is 0 Å². The molecular formula is C14H27F3N2O. The Bertz CT molecular complexity index is 297. The topological polar surface area (TPSA) is 24.5 Å². The second-order valence-electron chi connectivity index (χ2n) is 6.24. The van der Waals surface area contributed by atoms with Crippen LogP contribution in [0.4, 0.5) is 13.2 Å². The number of hydrogen-bond acceptors (Lipinski definition) is 3. The summed E-state index contributed by atoms with van der Waals surface area (Å²) in [6, 6.07) is 0.351. The van der Waals surface area contributed by atoms with Crippen LogP contribution in [0.25, 0.3) is 0 Å². The predicted molar refractivity (Wildman–Crippen MR) is 73.8 cm³/mol. The van der Waals surface area contributed by atoms with Crippen molar-refractivity contribution in [1.82, 2.24) is 10.2 Å². The second-order valence-corrected chi connectivity index (χ2v) is 6.24. The summed E-state index contributed by atoms with van der Waals surface area (Å²) < 4.78 is 40.9. The maximum absolute atomic E-state index is 12.1. The van der Waals surface area contributed by atoms with Crippen molar-refractivity contribution in [3.63, 3.8) is 0 Å². The molecule has 0 radical (unpaired) electrons. The molecule has 1 fully saturated rings. The highest BCUT2D eigenvalue weighted by Crippen LogP contribution is 2.22.